The average Bonchev–Trinajstić information content (AvgIpc) is 3.36. The fourth-order valence-corrected chi connectivity index (χ4v) is 4.38. The van der Waals surface area contributed by atoms with Gasteiger partial charge in [0.2, 0.25) is 5.91 Å². The number of aromatic amines is 1. The third kappa shape index (κ3) is 5.18. The molecule has 0 aliphatic carbocycles. The summed E-state index contributed by atoms with van der Waals surface area (Å²) in [6, 6.07) is 12.7. The number of halogens is 1. The minimum absolute atomic E-state index is 0.0655. The smallest absolute Gasteiger partial charge is 0.260 e. The number of nitrogens with zero attached hydrogens (tertiary/aromatic N) is 4. The largest absolute Gasteiger partial charge is 0.495 e. The molecule has 1 atom stereocenters. The van der Waals surface area contributed by atoms with Crippen molar-refractivity contribution in [2.45, 2.75) is 19.0 Å². The maximum Gasteiger partial charge on any atom is 0.260 e. The Labute approximate surface area is 222 Å². The van der Waals surface area contributed by atoms with Crippen LogP contribution in [0.4, 0.5) is 11.6 Å². The standard InChI is InChI=1S/C26H22ClN7O4/c1-38-17-6-8-22(29-12-17)31-24(35)18-7-5-15(10-20(18)27)14-34-21(11-16-4-2-3-9-28-16)25(36)32-23-19(26(34)37)13-30-33-23/h2-10,12-13,21H,11,14H2,1H3,(H,29,31,35)(H2,30,32,33,36). The summed E-state index contributed by atoms with van der Waals surface area (Å²) >= 11 is 6.47. The van der Waals surface area contributed by atoms with Crippen molar-refractivity contribution in [1.82, 2.24) is 25.1 Å². The van der Waals surface area contributed by atoms with Gasteiger partial charge in [-0.3, -0.25) is 24.5 Å². The van der Waals surface area contributed by atoms with Gasteiger partial charge in [-0.15, -0.1) is 0 Å². The monoisotopic (exact) mass is 531 g/mol. The van der Waals surface area contributed by atoms with E-state index in [1.165, 1.54) is 24.4 Å². The Kier molecular flexibility index (Phi) is 7.00. The van der Waals surface area contributed by atoms with Crippen LogP contribution in [0, 0.1) is 0 Å². The normalized spacial score (nSPS) is 14.9. The number of anilines is 2. The highest BCUT2D eigenvalue weighted by Crippen LogP contribution is 2.26. The lowest BCUT2D eigenvalue weighted by atomic mass is 10.1. The van der Waals surface area contributed by atoms with Crippen molar-refractivity contribution in [2.24, 2.45) is 0 Å². The molecule has 4 aromatic rings. The Balaban J connectivity index is 1.39. The number of fused-ring (bicyclic) bond motifs is 1. The van der Waals surface area contributed by atoms with Gasteiger partial charge in [0.25, 0.3) is 11.8 Å². The van der Waals surface area contributed by atoms with Crippen molar-refractivity contribution in [3.8, 4) is 5.75 Å². The Morgan fingerprint density at radius 3 is 2.71 bits per heavy atom. The lowest BCUT2D eigenvalue weighted by Gasteiger charge is -2.28. The van der Waals surface area contributed by atoms with Gasteiger partial charge in [0.1, 0.15) is 29.0 Å². The van der Waals surface area contributed by atoms with Crippen LogP contribution >= 0.6 is 11.6 Å². The molecule has 0 spiro atoms. The second-order valence-electron chi connectivity index (χ2n) is 8.47. The molecule has 0 saturated heterocycles. The van der Waals surface area contributed by atoms with Crippen LogP contribution < -0.4 is 15.4 Å². The lowest BCUT2D eigenvalue weighted by Crippen LogP contribution is -2.46. The zero-order chi connectivity index (χ0) is 26.6. The first-order chi connectivity index (χ1) is 18.4. The number of aromatic nitrogens is 4. The number of rotatable bonds is 7. The molecular weight excluding hydrogens is 510 g/mol. The van der Waals surface area contributed by atoms with Gasteiger partial charge in [0.15, 0.2) is 0 Å². The molecule has 1 aromatic carbocycles. The summed E-state index contributed by atoms with van der Waals surface area (Å²) in [5, 5.41) is 12.2. The summed E-state index contributed by atoms with van der Waals surface area (Å²) in [5.74, 6) is -0.0553. The molecule has 1 unspecified atom stereocenters. The maximum atomic E-state index is 13.5. The highest BCUT2D eigenvalue weighted by atomic mass is 35.5. The van der Waals surface area contributed by atoms with E-state index in [9.17, 15) is 14.4 Å². The van der Waals surface area contributed by atoms with Crippen LogP contribution in [0.15, 0.2) is 67.1 Å². The van der Waals surface area contributed by atoms with Crippen LogP contribution in [-0.4, -0.2) is 55.9 Å². The van der Waals surface area contributed by atoms with Crippen molar-refractivity contribution >= 4 is 41.0 Å². The van der Waals surface area contributed by atoms with Crippen molar-refractivity contribution in [3.63, 3.8) is 0 Å². The Hall–Kier alpha value is -4.77. The van der Waals surface area contributed by atoms with Crippen LogP contribution in [0.3, 0.4) is 0 Å². The maximum absolute atomic E-state index is 13.5. The first-order valence-electron chi connectivity index (χ1n) is 11.6. The number of methoxy groups -OCH3 is 1. The molecule has 5 rings (SSSR count). The molecule has 11 nitrogen and oxygen atoms in total. The van der Waals surface area contributed by atoms with E-state index in [0.29, 0.717) is 22.8 Å². The van der Waals surface area contributed by atoms with Gasteiger partial charge >= 0.3 is 0 Å². The first kappa shape index (κ1) is 24.9. The molecule has 0 saturated carbocycles. The van der Waals surface area contributed by atoms with Gasteiger partial charge in [-0.1, -0.05) is 23.7 Å². The zero-order valence-corrected chi connectivity index (χ0v) is 20.9. The second kappa shape index (κ2) is 10.7. The third-order valence-corrected chi connectivity index (χ3v) is 6.34. The molecule has 192 valence electrons. The summed E-state index contributed by atoms with van der Waals surface area (Å²) in [5.41, 5.74) is 1.77. The molecule has 0 bridgehead atoms. The lowest BCUT2D eigenvalue weighted by molar-refractivity contribution is -0.120. The van der Waals surface area contributed by atoms with Crippen molar-refractivity contribution < 1.29 is 19.1 Å². The van der Waals surface area contributed by atoms with Gasteiger partial charge in [0, 0.05) is 24.9 Å². The van der Waals surface area contributed by atoms with E-state index >= 15 is 0 Å². The van der Waals surface area contributed by atoms with E-state index in [1.54, 1.807) is 48.7 Å². The number of carbonyl (C=O) groups excluding carboxylic acids is 3. The molecule has 0 radical (unpaired) electrons. The molecular formula is C26H22ClN7O4. The first-order valence-corrected chi connectivity index (χ1v) is 12.0. The van der Waals surface area contributed by atoms with E-state index in [4.69, 9.17) is 16.3 Å². The number of hydrogen-bond donors (Lipinski definition) is 3. The third-order valence-electron chi connectivity index (χ3n) is 6.03. The van der Waals surface area contributed by atoms with Gasteiger partial charge in [0.05, 0.1) is 30.1 Å². The van der Waals surface area contributed by atoms with Crippen LogP contribution in [-0.2, 0) is 17.8 Å². The number of H-pyrrole nitrogens is 1. The molecule has 12 heteroatoms. The highest BCUT2D eigenvalue weighted by Gasteiger charge is 2.36. The SMILES string of the molecule is COc1ccc(NC(=O)c2ccc(CN3C(=O)c4cn[nH]c4NC(=O)C3Cc3ccccn3)cc2Cl)nc1. The van der Waals surface area contributed by atoms with E-state index in [0.717, 1.165) is 0 Å². The Morgan fingerprint density at radius 1 is 1.13 bits per heavy atom. The molecule has 1 aliphatic heterocycles. The molecule has 1 aliphatic rings. The van der Waals surface area contributed by atoms with Gasteiger partial charge in [-0.05, 0) is 42.0 Å². The zero-order valence-electron chi connectivity index (χ0n) is 20.1. The van der Waals surface area contributed by atoms with Crippen LogP contribution in [0.2, 0.25) is 5.02 Å². The number of carbonyl (C=O) groups is 3. The summed E-state index contributed by atoms with van der Waals surface area (Å²) < 4.78 is 5.07. The predicted molar refractivity (Wildman–Crippen MR) is 139 cm³/mol. The van der Waals surface area contributed by atoms with Crippen LogP contribution in [0.5, 0.6) is 5.75 Å². The van der Waals surface area contributed by atoms with Crippen molar-refractivity contribution in [1.29, 1.82) is 0 Å². The Bertz CT molecular complexity index is 1490. The predicted octanol–water partition coefficient (Wildman–Crippen LogP) is 3.32. The van der Waals surface area contributed by atoms with Crippen LogP contribution in [0.25, 0.3) is 0 Å². The topological polar surface area (TPSA) is 142 Å². The van der Waals surface area contributed by atoms with Gasteiger partial charge in [-0.25, -0.2) is 4.98 Å². The average molecular weight is 532 g/mol. The fraction of sp³-hybridized carbons (Fsp3) is 0.154. The number of nitrogens with one attached hydrogen (secondary N) is 3. The van der Waals surface area contributed by atoms with E-state index in [-0.39, 0.29) is 46.7 Å². The van der Waals surface area contributed by atoms with Crippen molar-refractivity contribution in [2.75, 3.05) is 17.7 Å². The number of ether oxygens (including phenoxy) is 1. The number of hydrogen-bond acceptors (Lipinski definition) is 7. The molecule has 0 fully saturated rings. The summed E-state index contributed by atoms with van der Waals surface area (Å²) in [4.78, 5) is 49.4. The summed E-state index contributed by atoms with van der Waals surface area (Å²) in [7, 11) is 1.52. The summed E-state index contributed by atoms with van der Waals surface area (Å²) in [6.45, 7) is 0.0655. The molecule has 38 heavy (non-hydrogen) atoms. The van der Waals surface area contributed by atoms with Crippen LogP contribution in [0.1, 0.15) is 32.0 Å². The molecule has 3 amide bonds. The highest BCUT2D eigenvalue weighted by molar-refractivity contribution is 6.34. The fourth-order valence-electron chi connectivity index (χ4n) is 4.09. The summed E-state index contributed by atoms with van der Waals surface area (Å²) in [6.07, 6.45) is 4.70. The van der Waals surface area contributed by atoms with E-state index in [1.807, 2.05) is 6.07 Å². The van der Waals surface area contributed by atoms with E-state index < -0.39 is 11.9 Å². The number of benzene rings is 1. The Morgan fingerprint density at radius 2 is 2.00 bits per heavy atom. The quantitative estimate of drug-likeness (QED) is 0.332. The van der Waals surface area contributed by atoms with Gasteiger partial charge in [-0.2, -0.15) is 5.10 Å². The minimum atomic E-state index is -0.846. The number of amides is 3. The van der Waals surface area contributed by atoms with Gasteiger partial charge < -0.3 is 20.3 Å². The van der Waals surface area contributed by atoms with E-state index in [2.05, 4.69) is 30.8 Å². The molecule has 3 aromatic heterocycles. The molecule has 3 N–H and O–H groups in total. The second-order valence-corrected chi connectivity index (χ2v) is 8.88. The molecule has 4 heterocycles. The van der Waals surface area contributed by atoms with Crippen molar-refractivity contribution in [3.05, 3.63) is 94.5 Å². The minimum Gasteiger partial charge on any atom is -0.495 e. The number of pyridine rings is 2.